The third-order valence-electron chi connectivity index (χ3n) is 6.39. The number of nitrogens with one attached hydrogen (secondary N) is 2. The molecule has 0 aromatic heterocycles. The number of carbonyl (C=O) groups is 1. The Balaban J connectivity index is 1.55. The Morgan fingerprint density at radius 3 is 2.60 bits per heavy atom. The number of benzene rings is 1. The van der Waals surface area contributed by atoms with Gasteiger partial charge >= 0.3 is 0 Å². The van der Waals surface area contributed by atoms with Gasteiger partial charge in [-0.1, -0.05) is 43.2 Å². The summed E-state index contributed by atoms with van der Waals surface area (Å²) in [7, 11) is 4.24. The zero-order valence-corrected chi connectivity index (χ0v) is 18.9. The van der Waals surface area contributed by atoms with Gasteiger partial charge in [-0.15, -0.1) is 0 Å². The molecule has 1 saturated carbocycles. The van der Waals surface area contributed by atoms with E-state index in [-0.39, 0.29) is 12.0 Å². The van der Waals surface area contributed by atoms with Gasteiger partial charge in [0, 0.05) is 37.6 Å². The molecule has 0 bridgehead atoms. The van der Waals surface area contributed by atoms with Crippen LogP contribution in [-0.4, -0.2) is 74.0 Å². The van der Waals surface area contributed by atoms with E-state index in [2.05, 4.69) is 71.8 Å². The standard InChI is InChI=1S/C24H39N5O/c1-4-25-24(26-17-22(28(2)3)16-19-10-6-5-7-11-19)27-21-14-15-29(18-21)23(30)20-12-8-9-13-20/h5-7,10-11,20-22H,4,8-9,12-18H2,1-3H3,(H2,25,26,27). The number of hydrogen-bond acceptors (Lipinski definition) is 3. The Labute approximate surface area is 182 Å². The Morgan fingerprint density at radius 2 is 1.93 bits per heavy atom. The van der Waals surface area contributed by atoms with Crippen molar-refractivity contribution >= 4 is 11.9 Å². The highest BCUT2D eigenvalue weighted by atomic mass is 16.2. The first-order valence-corrected chi connectivity index (χ1v) is 11.6. The first-order valence-electron chi connectivity index (χ1n) is 11.6. The Kier molecular flexibility index (Phi) is 8.55. The summed E-state index contributed by atoms with van der Waals surface area (Å²) >= 11 is 0. The molecular formula is C24H39N5O. The number of hydrogen-bond donors (Lipinski definition) is 2. The van der Waals surface area contributed by atoms with Crippen molar-refractivity contribution in [3.05, 3.63) is 35.9 Å². The first-order chi connectivity index (χ1) is 14.6. The van der Waals surface area contributed by atoms with Crippen molar-refractivity contribution in [2.45, 2.75) is 57.5 Å². The van der Waals surface area contributed by atoms with E-state index >= 15 is 0 Å². The number of likely N-dealkylation sites (tertiary alicyclic amines) is 1. The van der Waals surface area contributed by atoms with Crippen LogP contribution >= 0.6 is 0 Å². The van der Waals surface area contributed by atoms with Crippen LogP contribution in [0.25, 0.3) is 0 Å². The molecule has 1 aliphatic carbocycles. The maximum Gasteiger partial charge on any atom is 0.225 e. The van der Waals surface area contributed by atoms with Gasteiger partial charge in [0.2, 0.25) is 5.91 Å². The second-order valence-corrected chi connectivity index (χ2v) is 8.92. The van der Waals surface area contributed by atoms with E-state index in [1.54, 1.807) is 0 Å². The summed E-state index contributed by atoms with van der Waals surface area (Å²) in [6, 6.07) is 11.2. The van der Waals surface area contributed by atoms with Crippen LogP contribution in [0.4, 0.5) is 0 Å². The molecule has 0 radical (unpaired) electrons. The molecule has 30 heavy (non-hydrogen) atoms. The summed E-state index contributed by atoms with van der Waals surface area (Å²) in [5.74, 6) is 1.50. The second-order valence-electron chi connectivity index (χ2n) is 8.92. The smallest absolute Gasteiger partial charge is 0.225 e. The van der Waals surface area contributed by atoms with Crippen molar-refractivity contribution in [3.63, 3.8) is 0 Å². The minimum absolute atomic E-state index is 0.268. The van der Waals surface area contributed by atoms with Crippen LogP contribution in [0.2, 0.25) is 0 Å². The van der Waals surface area contributed by atoms with Crippen molar-refractivity contribution < 1.29 is 4.79 Å². The van der Waals surface area contributed by atoms with E-state index in [9.17, 15) is 4.79 Å². The van der Waals surface area contributed by atoms with E-state index in [1.165, 1.54) is 18.4 Å². The average molecular weight is 414 g/mol. The molecule has 0 spiro atoms. The van der Waals surface area contributed by atoms with Crippen LogP contribution in [0.15, 0.2) is 35.3 Å². The quantitative estimate of drug-likeness (QED) is 0.508. The van der Waals surface area contributed by atoms with Crippen molar-refractivity contribution in [3.8, 4) is 0 Å². The summed E-state index contributed by atoms with van der Waals surface area (Å²) in [4.78, 5) is 21.9. The minimum atomic E-state index is 0.268. The van der Waals surface area contributed by atoms with Gasteiger partial charge in [-0.05, 0) is 52.3 Å². The molecule has 2 aliphatic rings. The summed E-state index contributed by atoms with van der Waals surface area (Å²) in [6.45, 7) is 5.31. The van der Waals surface area contributed by atoms with Crippen LogP contribution in [0.3, 0.4) is 0 Å². The van der Waals surface area contributed by atoms with Crippen LogP contribution in [0, 0.1) is 5.92 Å². The number of likely N-dealkylation sites (N-methyl/N-ethyl adjacent to an activating group) is 1. The predicted octanol–water partition coefficient (Wildman–Crippen LogP) is 2.51. The molecule has 2 N–H and O–H groups in total. The fraction of sp³-hybridized carbons (Fsp3) is 0.667. The molecule has 2 unspecified atom stereocenters. The molecule has 1 saturated heterocycles. The molecule has 2 atom stereocenters. The lowest BCUT2D eigenvalue weighted by molar-refractivity contribution is -0.134. The van der Waals surface area contributed by atoms with Crippen LogP contribution in [0.5, 0.6) is 0 Å². The lowest BCUT2D eigenvalue weighted by Crippen LogP contribution is -2.46. The number of rotatable bonds is 8. The lowest BCUT2D eigenvalue weighted by Gasteiger charge is -2.24. The summed E-state index contributed by atoms with van der Waals surface area (Å²) in [5.41, 5.74) is 1.33. The zero-order chi connectivity index (χ0) is 21.3. The van der Waals surface area contributed by atoms with Gasteiger partial charge in [0.15, 0.2) is 5.96 Å². The molecule has 2 fully saturated rings. The fourth-order valence-electron chi connectivity index (χ4n) is 4.52. The van der Waals surface area contributed by atoms with E-state index < -0.39 is 0 Å². The van der Waals surface area contributed by atoms with Gasteiger partial charge in [-0.2, -0.15) is 0 Å². The molecule has 1 aromatic carbocycles. The van der Waals surface area contributed by atoms with Gasteiger partial charge in [0.1, 0.15) is 0 Å². The Bertz CT molecular complexity index is 684. The van der Waals surface area contributed by atoms with Crippen molar-refractivity contribution in [1.82, 2.24) is 20.4 Å². The van der Waals surface area contributed by atoms with E-state index in [4.69, 9.17) is 4.99 Å². The molecule has 6 nitrogen and oxygen atoms in total. The largest absolute Gasteiger partial charge is 0.357 e. The van der Waals surface area contributed by atoms with E-state index in [0.29, 0.717) is 11.9 Å². The fourth-order valence-corrected chi connectivity index (χ4v) is 4.52. The Morgan fingerprint density at radius 1 is 1.20 bits per heavy atom. The molecule has 6 heteroatoms. The Hall–Kier alpha value is -2.08. The van der Waals surface area contributed by atoms with Crippen molar-refractivity contribution in [1.29, 1.82) is 0 Å². The van der Waals surface area contributed by atoms with Crippen molar-refractivity contribution in [2.24, 2.45) is 10.9 Å². The van der Waals surface area contributed by atoms with Crippen LogP contribution in [-0.2, 0) is 11.2 Å². The predicted molar refractivity (Wildman–Crippen MR) is 124 cm³/mol. The summed E-state index contributed by atoms with van der Waals surface area (Å²) in [5, 5.41) is 6.96. The maximum atomic E-state index is 12.7. The molecule has 1 aliphatic heterocycles. The second kappa shape index (κ2) is 11.3. The SMILES string of the molecule is CCNC(=NCC(Cc1ccccc1)N(C)C)NC1CCN(C(=O)C2CCCC2)C1. The number of guanidine groups is 1. The zero-order valence-electron chi connectivity index (χ0n) is 18.9. The van der Waals surface area contributed by atoms with Gasteiger partial charge in [0.05, 0.1) is 6.54 Å². The van der Waals surface area contributed by atoms with Crippen LogP contribution in [0.1, 0.15) is 44.6 Å². The van der Waals surface area contributed by atoms with Crippen LogP contribution < -0.4 is 10.6 Å². The van der Waals surface area contributed by atoms with Crippen molar-refractivity contribution in [2.75, 3.05) is 40.3 Å². The molecule has 3 rings (SSSR count). The first kappa shape index (κ1) is 22.6. The average Bonchev–Trinajstić information content (AvgIpc) is 3.43. The summed E-state index contributed by atoms with van der Waals surface area (Å²) < 4.78 is 0. The topological polar surface area (TPSA) is 60.0 Å². The molecule has 1 amide bonds. The normalized spacial score (nSPS) is 21.3. The number of carbonyl (C=O) groups excluding carboxylic acids is 1. The third kappa shape index (κ3) is 6.46. The maximum absolute atomic E-state index is 12.7. The highest BCUT2D eigenvalue weighted by molar-refractivity contribution is 5.81. The molecule has 1 aromatic rings. The summed E-state index contributed by atoms with van der Waals surface area (Å²) in [6.07, 6.45) is 6.53. The molecule has 166 valence electrons. The molecular weight excluding hydrogens is 374 g/mol. The monoisotopic (exact) mass is 413 g/mol. The van der Waals surface area contributed by atoms with Gasteiger partial charge in [0.25, 0.3) is 0 Å². The lowest BCUT2D eigenvalue weighted by atomic mass is 10.1. The highest BCUT2D eigenvalue weighted by Crippen LogP contribution is 2.27. The highest BCUT2D eigenvalue weighted by Gasteiger charge is 2.32. The third-order valence-corrected chi connectivity index (χ3v) is 6.39. The van der Waals surface area contributed by atoms with Gasteiger partial charge < -0.3 is 20.4 Å². The van der Waals surface area contributed by atoms with Gasteiger partial charge in [-0.3, -0.25) is 9.79 Å². The van der Waals surface area contributed by atoms with E-state index in [1.807, 2.05) is 0 Å². The van der Waals surface area contributed by atoms with E-state index in [0.717, 1.165) is 57.8 Å². The molecule has 1 heterocycles. The number of aliphatic imine (C=N–C) groups is 1. The number of amides is 1. The number of nitrogens with zero attached hydrogens (tertiary/aromatic N) is 3. The minimum Gasteiger partial charge on any atom is -0.357 e. The van der Waals surface area contributed by atoms with Gasteiger partial charge in [-0.25, -0.2) is 0 Å².